The zero-order chi connectivity index (χ0) is 19.2. The predicted molar refractivity (Wildman–Crippen MR) is 122 cm³/mol. The minimum Gasteiger partial charge on any atom is -1.00 e. The Labute approximate surface area is 212 Å². The summed E-state index contributed by atoms with van der Waals surface area (Å²) in [6, 6.07) is 31.5. The molecule has 4 heteroatoms. The van der Waals surface area contributed by atoms with Crippen molar-refractivity contribution in [3.63, 3.8) is 0 Å². The SMILES string of the molecule is [C+]/C(=C\C1=C=C[CH-]C=C1)[P+](c1ccccc1)(c1ccccc1)c1ccccc1.[Cl-].[Cl-].[Os+2]. The van der Waals surface area contributed by atoms with E-state index in [1.165, 1.54) is 15.9 Å². The molecular formula is C27H20Cl2OsP+. The van der Waals surface area contributed by atoms with Crippen LogP contribution in [0.3, 0.4) is 0 Å². The molecule has 0 atom stereocenters. The van der Waals surface area contributed by atoms with E-state index in [1.807, 2.05) is 48.9 Å². The van der Waals surface area contributed by atoms with Crippen molar-refractivity contribution in [1.82, 2.24) is 0 Å². The molecule has 0 aliphatic heterocycles. The first-order valence-corrected chi connectivity index (χ1v) is 11.1. The van der Waals surface area contributed by atoms with Gasteiger partial charge in [0, 0.05) is 0 Å². The van der Waals surface area contributed by atoms with Crippen LogP contribution in [0.4, 0.5) is 0 Å². The standard InChI is InChI=1S/C27H20P.2ClH.Os/c1-23(22-24-14-6-2-7-15-24)28(25-16-8-3-9-17-25,26-18-10-4-11-19-26)27-20-12-5-13-21-27;;;/h2-14,16-22H;2*1H;/q+1;;;+2/p-2/b23-22+;;;. The van der Waals surface area contributed by atoms with E-state index in [2.05, 4.69) is 78.5 Å². The molecule has 154 valence electrons. The summed E-state index contributed by atoms with van der Waals surface area (Å²) in [7, 11) is -2.30. The molecular weight excluding hydrogens is 616 g/mol. The zero-order valence-electron chi connectivity index (χ0n) is 16.6. The van der Waals surface area contributed by atoms with Gasteiger partial charge in [-0.15, -0.1) is 12.2 Å². The topological polar surface area (TPSA) is 0 Å². The van der Waals surface area contributed by atoms with Gasteiger partial charge in [0.1, 0.15) is 22.0 Å². The van der Waals surface area contributed by atoms with Crippen LogP contribution >= 0.6 is 7.26 Å². The minimum absolute atomic E-state index is 0. The molecule has 0 saturated carbocycles. The molecule has 4 rings (SSSR count). The van der Waals surface area contributed by atoms with Crippen LogP contribution in [0.15, 0.2) is 132 Å². The largest absolute Gasteiger partial charge is 2.00 e. The Balaban J connectivity index is 0.00000160. The Morgan fingerprint density at radius 2 is 1.16 bits per heavy atom. The molecule has 0 bridgehead atoms. The molecule has 0 N–H and O–H groups in total. The van der Waals surface area contributed by atoms with E-state index in [0.717, 1.165) is 5.57 Å². The summed E-state index contributed by atoms with van der Waals surface area (Å²) in [5, 5.41) is 4.18. The molecule has 0 unspecified atom stereocenters. The van der Waals surface area contributed by atoms with Gasteiger partial charge in [0.05, 0.1) is 0 Å². The molecule has 3 aromatic carbocycles. The van der Waals surface area contributed by atoms with E-state index >= 15 is 0 Å². The van der Waals surface area contributed by atoms with Gasteiger partial charge < -0.3 is 24.8 Å². The van der Waals surface area contributed by atoms with Crippen LogP contribution in [0, 0.1) is 13.3 Å². The summed E-state index contributed by atoms with van der Waals surface area (Å²) in [5.41, 5.74) is 4.18. The summed E-state index contributed by atoms with van der Waals surface area (Å²) >= 11 is 0. The third-order valence-corrected chi connectivity index (χ3v) is 8.89. The Morgan fingerprint density at radius 1 is 0.742 bits per heavy atom. The van der Waals surface area contributed by atoms with Crippen molar-refractivity contribution in [2.45, 2.75) is 0 Å². The van der Waals surface area contributed by atoms with Crippen LogP contribution in [0.1, 0.15) is 0 Å². The van der Waals surface area contributed by atoms with Gasteiger partial charge in [0.15, 0.2) is 7.26 Å². The number of hydrogen-bond donors (Lipinski definition) is 0. The summed E-state index contributed by atoms with van der Waals surface area (Å²) in [6.45, 7) is 9.32. The van der Waals surface area contributed by atoms with Crippen molar-refractivity contribution in [3.8, 4) is 0 Å². The zero-order valence-corrected chi connectivity index (χ0v) is 21.6. The van der Waals surface area contributed by atoms with Crippen molar-refractivity contribution in [2.24, 2.45) is 0 Å². The van der Waals surface area contributed by atoms with Crippen LogP contribution in [0.2, 0.25) is 0 Å². The van der Waals surface area contributed by atoms with Gasteiger partial charge in [-0.05, 0) is 42.0 Å². The minimum atomic E-state index is -2.30. The molecule has 0 saturated heterocycles. The third-order valence-electron chi connectivity index (χ3n) is 4.82. The molecule has 0 nitrogen and oxygen atoms in total. The molecule has 31 heavy (non-hydrogen) atoms. The fraction of sp³-hybridized carbons (Fsp3) is 0. The predicted octanol–water partition coefficient (Wildman–Crippen LogP) is -0.686. The molecule has 2 radical (unpaired) electrons. The van der Waals surface area contributed by atoms with Gasteiger partial charge >= 0.3 is 32.0 Å². The Morgan fingerprint density at radius 3 is 1.52 bits per heavy atom. The maximum atomic E-state index is 9.32. The van der Waals surface area contributed by atoms with Crippen LogP contribution in [0.25, 0.3) is 0 Å². The second-order valence-electron chi connectivity index (χ2n) is 6.52. The molecule has 0 heterocycles. The van der Waals surface area contributed by atoms with Crippen LogP contribution in [-0.4, -0.2) is 0 Å². The van der Waals surface area contributed by atoms with E-state index in [-0.39, 0.29) is 44.6 Å². The van der Waals surface area contributed by atoms with Crippen molar-refractivity contribution < 1.29 is 44.6 Å². The van der Waals surface area contributed by atoms with Crippen molar-refractivity contribution in [2.75, 3.05) is 0 Å². The molecule has 0 spiro atoms. The number of benzene rings is 3. The average molecular weight is 637 g/mol. The Hall–Kier alpha value is -1.95. The van der Waals surface area contributed by atoms with Crippen LogP contribution in [-0.2, 0) is 19.8 Å². The second kappa shape index (κ2) is 12.8. The fourth-order valence-electron chi connectivity index (χ4n) is 3.56. The van der Waals surface area contributed by atoms with E-state index in [4.69, 9.17) is 0 Å². The maximum Gasteiger partial charge on any atom is 2.00 e. The molecule has 1 aliphatic rings. The molecule has 3 aromatic rings. The molecule has 0 aromatic heterocycles. The second-order valence-corrected chi connectivity index (χ2v) is 9.90. The monoisotopic (exact) mass is 637 g/mol. The summed E-state index contributed by atoms with van der Waals surface area (Å²) < 4.78 is 0. The number of rotatable bonds is 5. The number of hydrogen-bond acceptors (Lipinski definition) is 0. The van der Waals surface area contributed by atoms with E-state index in [9.17, 15) is 6.92 Å². The first-order valence-electron chi connectivity index (χ1n) is 9.28. The quantitative estimate of drug-likeness (QED) is 0.198. The van der Waals surface area contributed by atoms with Gasteiger partial charge in [0.25, 0.3) is 0 Å². The first kappa shape index (κ1) is 27.1. The molecule has 0 amide bonds. The number of allylic oxidation sites excluding steroid dienone is 5. The smallest absolute Gasteiger partial charge is 1.00 e. The van der Waals surface area contributed by atoms with Crippen molar-refractivity contribution in [1.29, 1.82) is 0 Å². The van der Waals surface area contributed by atoms with Gasteiger partial charge in [-0.3, -0.25) is 5.73 Å². The van der Waals surface area contributed by atoms with Gasteiger partial charge in [-0.1, -0.05) is 54.6 Å². The third kappa shape index (κ3) is 5.65. The van der Waals surface area contributed by atoms with Crippen LogP contribution < -0.4 is 40.7 Å². The Bertz CT molecular complexity index is 971. The van der Waals surface area contributed by atoms with Gasteiger partial charge in [0.2, 0.25) is 0 Å². The molecule has 0 fully saturated rings. The Kier molecular flexibility index (Phi) is 11.2. The van der Waals surface area contributed by atoms with Gasteiger partial charge in [-0.25, -0.2) is 0 Å². The average Bonchev–Trinajstić information content (AvgIpc) is 2.77. The number of halogens is 2. The van der Waals surface area contributed by atoms with E-state index in [1.54, 1.807) is 0 Å². The van der Waals surface area contributed by atoms with Crippen molar-refractivity contribution >= 4 is 23.2 Å². The summed E-state index contributed by atoms with van der Waals surface area (Å²) in [5.74, 6) is 0. The maximum absolute atomic E-state index is 9.32. The van der Waals surface area contributed by atoms with E-state index in [0.29, 0.717) is 5.31 Å². The van der Waals surface area contributed by atoms with E-state index < -0.39 is 7.26 Å². The van der Waals surface area contributed by atoms with Crippen LogP contribution in [0.5, 0.6) is 0 Å². The summed E-state index contributed by atoms with van der Waals surface area (Å²) in [6.07, 6.45) is 9.82. The summed E-state index contributed by atoms with van der Waals surface area (Å²) in [4.78, 5) is 0. The van der Waals surface area contributed by atoms with Crippen molar-refractivity contribution in [3.05, 3.63) is 145 Å². The fourth-order valence-corrected chi connectivity index (χ4v) is 7.48. The first-order chi connectivity index (χ1) is 13.8. The normalized spacial score (nSPS) is 12.4. The molecule has 1 aliphatic carbocycles. The van der Waals surface area contributed by atoms with Gasteiger partial charge in [-0.2, -0.15) is 12.5 Å².